The van der Waals surface area contributed by atoms with E-state index in [1.165, 1.54) is 18.2 Å². The van der Waals surface area contributed by atoms with Gasteiger partial charge in [-0.15, -0.1) is 11.3 Å². The summed E-state index contributed by atoms with van der Waals surface area (Å²) in [6.07, 6.45) is 5.46. The van der Waals surface area contributed by atoms with E-state index in [-0.39, 0.29) is 29.5 Å². The van der Waals surface area contributed by atoms with Crippen molar-refractivity contribution < 1.29 is 9.59 Å². The average molecular weight is 516 g/mol. The van der Waals surface area contributed by atoms with Crippen LogP contribution in [0.3, 0.4) is 0 Å². The zero-order valence-corrected chi connectivity index (χ0v) is 21.6. The van der Waals surface area contributed by atoms with Crippen LogP contribution in [-0.4, -0.2) is 22.6 Å². The van der Waals surface area contributed by atoms with Crippen molar-refractivity contribution in [3.8, 4) is 0 Å². The van der Waals surface area contributed by atoms with Crippen molar-refractivity contribution in [1.29, 1.82) is 0 Å². The number of hydrogen-bond donors (Lipinski definition) is 2. The first-order valence-electron chi connectivity index (χ1n) is 12.4. The highest BCUT2D eigenvalue weighted by molar-refractivity contribution is 8.01. The molecule has 2 amide bonds. The number of hydrogen-bond acceptors (Lipinski definition) is 5. The van der Waals surface area contributed by atoms with Crippen LogP contribution in [0.2, 0.25) is 0 Å². The van der Waals surface area contributed by atoms with Crippen LogP contribution in [-0.2, 0) is 9.59 Å². The van der Waals surface area contributed by atoms with Crippen molar-refractivity contribution in [1.82, 2.24) is 10.3 Å². The third-order valence-electron chi connectivity index (χ3n) is 6.51. The minimum absolute atomic E-state index is 0.0441. The Morgan fingerprint density at radius 1 is 0.917 bits per heavy atom. The van der Waals surface area contributed by atoms with Gasteiger partial charge in [0, 0.05) is 11.6 Å². The molecule has 3 aromatic carbocycles. The van der Waals surface area contributed by atoms with Gasteiger partial charge in [-0.2, -0.15) is 0 Å². The number of thioether (sulfide) groups is 1. The fraction of sp³-hybridized carbons (Fsp3) is 0.276. The van der Waals surface area contributed by atoms with Gasteiger partial charge in [0.2, 0.25) is 11.8 Å². The van der Waals surface area contributed by atoms with E-state index in [0.717, 1.165) is 57.1 Å². The second-order valence-corrected chi connectivity index (χ2v) is 11.4. The van der Waals surface area contributed by atoms with Crippen LogP contribution in [0, 0.1) is 5.92 Å². The maximum absolute atomic E-state index is 12.9. The lowest BCUT2D eigenvalue weighted by Crippen LogP contribution is -2.30. The molecule has 1 aliphatic carbocycles. The lowest BCUT2D eigenvalue weighted by molar-refractivity contribution is -0.121. The van der Waals surface area contributed by atoms with Crippen molar-refractivity contribution in [2.75, 3.05) is 11.1 Å². The standard InChI is InChI=1S/C29H29N3O2S2/c33-26(32-27(20-10-4-1-5-11-20)21-12-6-2-7-13-21)19-35-29-31-24-17-16-23(18-25(24)36-29)30-28(34)22-14-8-3-9-15-22/h1-2,4-7,10-13,16-18,22,27H,3,8-9,14-15,19H2,(H,30,34)(H,32,33). The summed E-state index contributed by atoms with van der Waals surface area (Å²) in [6.45, 7) is 0. The molecule has 184 valence electrons. The molecular formula is C29H29N3O2S2. The number of aromatic nitrogens is 1. The Kier molecular flexibility index (Phi) is 7.98. The lowest BCUT2D eigenvalue weighted by Gasteiger charge is -2.20. The van der Waals surface area contributed by atoms with Crippen molar-refractivity contribution in [3.63, 3.8) is 0 Å². The van der Waals surface area contributed by atoms with Crippen LogP contribution in [0.25, 0.3) is 10.2 Å². The maximum Gasteiger partial charge on any atom is 0.231 e. The van der Waals surface area contributed by atoms with E-state index in [1.54, 1.807) is 11.3 Å². The summed E-state index contributed by atoms with van der Waals surface area (Å²) < 4.78 is 1.85. The largest absolute Gasteiger partial charge is 0.344 e. The molecule has 1 saturated carbocycles. The molecule has 1 aromatic heterocycles. The highest BCUT2D eigenvalue weighted by Gasteiger charge is 2.21. The van der Waals surface area contributed by atoms with Gasteiger partial charge < -0.3 is 10.6 Å². The van der Waals surface area contributed by atoms with Gasteiger partial charge in [-0.3, -0.25) is 9.59 Å². The van der Waals surface area contributed by atoms with Gasteiger partial charge in [0.1, 0.15) is 0 Å². The molecule has 0 radical (unpaired) electrons. The highest BCUT2D eigenvalue weighted by atomic mass is 32.2. The van der Waals surface area contributed by atoms with E-state index in [2.05, 4.69) is 15.6 Å². The van der Waals surface area contributed by atoms with E-state index in [1.807, 2.05) is 78.9 Å². The van der Waals surface area contributed by atoms with Crippen LogP contribution in [0.4, 0.5) is 5.69 Å². The molecule has 0 spiro atoms. The van der Waals surface area contributed by atoms with Crippen LogP contribution >= 0.6 is 23.1 Å². The smallest absolute Gasteiger partial charge is 0.231 e. The van der Waals surface area contributed by atoms with Gasteiger partial charge in [-0.05, 0) is 42.2 Å². The predicted octanol–water partition coefficient (Wildman–Crippen LogP) is 6.81. The zero-order valence-electron chi connectivity index (χ0n) is 20.0. The molecule has 4 aromatic rings. The van der Waals surface area contributed by atoms with E-state index in [4.69, 9.17) is 0 Å². The maximum atomic E-state index is 12.9. The van der Waals surface area contributed by atoms with Crippen LogP contribution in [0.5, 0.6) is 0 Å². The number of thiazole rings is 1. The Balaban J connectivity index is 1.22. The zero-order chi connectivity index (χ0) is 24.7. The fourth-order valence-corrected chi connectivity index (χ4v) is 6.55. The van der Waals surface area contributed by atoms with Gasteiger partial charge in [0.15, 0.2) is 4.34 Å². The molecule has 5 nitrogen and oxygen atoms in total. The van der Waals surface area contributed by atoms with Gasteiger partial charge >= 0.3 is 0 Å². The fourth-order valence-electron chi connectivity index (χ4n) is 4.63. The lowest BCUT2D eigenvalue weighted by atomic mass is 9.88. The van der Waals surface area contributed by atoms with E-state index >= 15 is 0 Å². The molecule has 36 heavy (non-hydrogen) atoms. The van der Waals surface area contributed by atoms with Crippen molar-refractivity contribution in [2.24, 2.45) is 5.92 Å². The molecule has 2 N–H and O–H groups in total. The summed E-state index contributed by atoms with van der Waals surface area (Å²) in [5.41, 5.74) is 3.78. The monoisotopic (exact) mass is 515 g/mol. The first-order valence-corrected chi connectivity index (χ1v) is 14.2. The number of nitrogens with one attached hydrogen (secondary N) is 2. The minimum Gasteiger partial charge on any atom is -0.344 e. The highest BCUT2D eigenvalue weighted by Crippen LogP contribution is 2.32. The van der Waals surface area contributed by atoms with Gasteiger partial charge in [-0.25, -0.2) is 4.98 Å². The second-order valence-electron chi connectivity index (χ2n) is 9.10. The van der Waals surface area contributed by atoms with Crippen LogP contribution in [0.1, 0.15) is 49.3 Å². The van der Waals surface area contributed by atoms with E-state index < -0.39 is 0 Å². The number of rotatable bonds is 8. The molecule has 1 fully saturated rings. The van der Waals surface area contributed by atoms with E-state index in [0.29, 0.717) is 0 Å². The summed E-state index contributed by atoms with van der Waals surface area (Å²) >= 11 is 2.99. The molecule has 0 bridgehead atoms. The average Bonchev–Trinajstić information content (AvgIpc) is 3.34. The van der Waals surface area contributed by atoms with Crippen molar-refractivity contribution in [2.45, 2.75) is 42.5 Å². The molecule has 0 atom stereocenters. The Hall–Kier alpha value is -3.16. The second kappa shape index (κ2) is 11.7. The molecule has 1 heterocycles. The molecular weight excluding hydrogens is 486 g/mol. The predicted molar refractivity (Wildman–Crippen MR) is 148 cm³/mol. The topological polar surface area (TPSA) is 71.1 Å². The molecule has 7 heteroatoms. The normalized spacial score (nSPS) is 14.1. The van der Waals surface area contributed by atoms with E-state index in [9.17, 15) is 9.59 Å². The SMILES string of the molecule is O=C(CSc1nc2ccc(NC(=O)C3CCCCC3)cc2s1)NC(c1ccccc1)c1ccccc1. The number of benzene rings is 3. The number of amides is 2. The molecule has 1 aliphatic rings. The third kappa shape index (κ3) is 6.15. The summed E-state index contributed by atoms with van der Waals surface area (Å²) in [4.78, 5) is 30.2. The number of carbonyl (C=O) groups is 2. The summed E-state index contributed by atoms with van der Waals surface area (Å²) in [6, 6.07) is 25.6. The number of nitrogens with zero attached hydrogens (tertiary/aromatic N) is 1. The summed E-state index contributed by atoms with van der Waals surface area (Å²) in [5.74, 6) is 0.478. The summed E-state index contributed by atoms with van der Waals surface area (Å²) in [7, 11) is 0. The number of anilines is 1. The first-order chi connectivity index (χ1) is 17.7. The summed E-state index contributed by atoms with van der Waals surface area (Å²) in [5, 5.41) is 6.27. The Morgan fingerprint density at radius 2 is 1.58 bits per heavy atom. The van der Waals surface area contributed by atoms with Crippen LogP contribution in [0.15, 0.2) is 83.2 Å². The number of carbonyl (C=O) groups excluding carboxylic acids is 2. The van der Waals surface area contributed by atoms with Crippen molar-refractivity contribution >= 4 is 50.8 Å². The molecule has 0 aliphatic heterocycles. The molecule has 5 rings (SSSR count). The van der Waals surface area contributed by atoms with Crippen molar-refractivity contribution in [3.05, 3.63) is 90.0 Å². The van der Waals surface area contributed by atoms with Gasteiger partial charge in [0.05, 0.1) is 22.0 Å². The Labute approximate surface area is 219 Å². The quantitative estimate of drug-likeness (QED) is 0.253. The third-order valence-corrected chi connectivity index (χ3v) is 8.67. The van der Waals surface area contributed by atoms with Gasteiger partial charge in [0.25, 0.3) is 0 Å². The Morgan fingerprint density at radius 3 is 2.25 bits per heavy atom. The van der Waals surface area contributed by atoms with Gasteiger partial charge in [-0.1, -0.05) is 91.7 Å². The Bertz CT molecular complexity index is 1280. The van der Waals surface area contributed by atoms with Crippen LogP contribution < -0.4 is 10.6 Å². The molecule has 0 saturated heterocycles. The molecule has 0 unspecified atom stereocenters. The first kappa shape index (κ1) is 24.5. The number of fused-ring (bicyclic) bond motifs is 1. The minimum atomic E-state index is -0.203.